The van der Waals surface area contributed by atoms with Crippen molar-refractivity contribution in [3.63, 3.8) is 0 Å². The van der Waals surface area contributed by atoms with E-state index in [2.05, 4.69) is 10.6 Å². The van der Waals surface area contributed by atoms with Gasteiger partial charge in [-0.3, -0.25) is 9.59 Å². The molecule has 1 aliphatic rings. The van der Waals surface area contributed by atoms with Crippen molar-refractivity contribution in [3.05, 3.63) is 65.7 Å². The molecule has 1 aliphatic carbocycles. The lowest BCUT2D eigenvalue weighted by atomic mass is 9.92. The second kappa shape index (κ2) is 9.02. The van der Waals surface area contributed by atoms with Crippen LogP contribution in [0.15, 0.2) is 54.6 Å². The largest absolute Gasteiger partial charge is 0.349 e. The van der Waals surface area contributed by atoms with Crippen LogP contribution in [0.1, 0.15) is 48.5 Å². The SMILES string of the molecule is CC(N)(C(=O)Nc1ccc(C(=O)NC2CCCC2)cc1)c1ccccc1.Cl. The zero-order valence-electron chi connectivity index (χ0n) is 15.4. The summed E-state index contributed by atoms with van der Waals surface area (Å²) in [4.78, 5) is 24.8. The van der Waals surface area contributed by atoms with Crippen LogP contribution in [0.2, 0.25) is 0 Å². The number of anilines is 1. The van der Waals surface area contributed by atoms with Crippen molar-refractivity contribution >= 4 is 29.9 Å². The summed E-state index contributed by atoms with van der Waals surface area (Å²) in [6.07, 6.45) is 4.45. The molecule has 27 heavy (non-hydrogen) atoms. The van der Waals surface area contributed by atoms with Gasteiger partial charge in [0.15, 0.2) is 0 Å². The molecule has 2 aromatic carbocycles. The highest BCUT2D eigenvalue weighted by Gasteiger charge is 2.30. The summed E-state index contributed by atoms with van der Waals surface area (Å²) in [6, 6.07) is 16.4. The number of nitrogens with one attached hydrogen (secondary N) is 2. The summed E-state index contributed by atoms with van der Waals surface area (Å²) in [5.74, 6) is -0.366. The van der Waals surface area contributed by atoms with E-state index in [0.717, 1.165) is 18.4 Å². The van der Waals surface area contributed by atoms with E-state index in [0.29, 0.717) is 11.3 Å². The van der Waals surface area contributed by atoms with Crippen LogP contribution in [0.25, 0.3) is 0 Å². The van der Waals surface area contributed by atoms with E-state index in [4.69, 9.17) is 5.73 Å². The number of hydrogen-bond donors (Lipinski definition) is 3. The molecule has 2 amide bonds. The van der Waals surface area contributed by atoms with Gasteiger partial charge in [-0.05, 0) is 49.6 Å². The molecule has 1 fully saturated rings. The monoisotopic (exact) mass is 387 g/mol. The average Bonchev–Trinajstić information content (AvgIpc) is 3.16. The van der Waals surface area contributed by atoms with Gasteiger partial charge in [0.1, 0.15) is 5.54 Å². The molecule has 1 unspecified atom stereocenters. The molecule has 0 saturated heterocycles. The van der Waals surface area contributed by atoms with E-state index in [-0.39, 0.29) is 30.3 Å². The van der Waals surface area contributed by atoms with Crippen LogP contribution in [-0.4, -0.2) is 17.9 Å². The summed E-state index contributed by atoms with van der Waals surface area (Å²) < 4.78 is 0. The maximum Gasteiger partial charge on any atom is 0.251 e. The first-order valence-electron chi connectivity index (χ1n) is 9.03. The van der Waals surface area contributed by atoms with Crippen LogP contribution < -0.4 is 16.4 Å². The number of benzene rings is 2. The van der Waals surface area contributed by atoms with Crippen molar-refractivity contribution in [2.24, 2.45) is 5.73 Å². The van der Waals surface area contributed by atoms with Gasteiger partial charge < -0.3 is 16.4 Å². The van der Waals surface area contributed by atoms with Gasteiger partial charge in [0.25, 0.3) is 5.91 Å². The van der Waals surface area contributed by atoms with E-state index in [1.165, 1.54) is 12.8 Å². The van der Waals surface area contributed by atoms with Gasteiger partial charge in [-0.2, -0.15) is 0 Å². The molecular formula is C21H26ClN3O2. The van der Waals surface area contributed by atoms with Crippen molar-refractivity contribution in [3.8, 4) is 0 Å². The average molecular weight is 388 g/mol. The normalized spacial score (nSPS) is 16.1. The Morgan fingerprint density at radius 3 is 2.19 bits per heavy atom. The summed E-state index contributed by atoms with van der Waals surface area (Å²) in [6.45, 7) is 1.68. The van der Waals surface area contributed by atoms with Gasteiger partial charge in [-0.15, -0.1) is 12.4 Å². The predicted octanol–water partition coefficient (Wildman–Crippen LogP) is 3.59. The fraction of sp³-hybridized carbons (Fsp3) is 0.333. The Balaban J connectivity index is 0.00000261. The fourth-order valence-corrected chi connectivity index (χ4v) is 3.22. The van der Waals surface area contributed by atoms with Gasteiger partial charge in [0.2, 0.25) is 5.91 Å². The second-order valence-corrected chi connectivity index (χ2v) is 7.05. The van der Waals surface area contributed by atoms with E-state index in [9.17, 15) is 9.59 Å². The smallest absolute Gasteiger partial charge is 0.251 e. The van der Waals surface area contributed by atoms with E-state index in [1.54, 1.807) is 31.2 Å². The highest BCUT2D eigenvalue weighted by atomic mass is 35.5. The molecule has 0 aliphatic heterocycles. The summed E-state index contributed by atoms with van der Waals surface area (Å²) in [5.41, 5.74) is 7.03. The molecule has 3 rings (SSSR count). The fourth-order valence-electron chi connectivity index (χ4n) is 3.22. The highest BCUT2D eigenvalue weighted by Crippen LogP contribution is 2.21. The van der Waals surface area contributed by atoms with Gasteiger partial charge in [-0.1, -0.05) is 43.2 Å². The molecule has 0 heterocycles. The van der Waals surface area contributed by atoms with Gasteiger partial charge in [0.05, 0.1) is 0 Å². The number of amides is 2. The van der Waals surface area contributed by atoms with E-state index < -0.39 is 5.54 Å². The molecular weight excluding hydrogens is 362 g/mol. The minimum atomic E-state index is -1.14. The van der Waals surface area contributed by atoms with Crippen LogP contribution in [0, 0.1) is 0 Å². The first-order valence-corrected chi connectivity index (χ1v) is 9.03. The topological polar surface area (TPSA) is 84.2 Å². The zero-order chi connectivity index (χ0) is 18.6. The van der Waals surface area contributed by atoms with Crippen LogP contribution in [0.3, 0.4) is 0 Å². The van der Waals surface area contributed by atoms with Crippen LogP contribution in [0.4, 0.5) is 5.69 Å². The molecule has 0 aromatic heterocycles. The van der Waals surface area contributed by atoms with Crippen LogP contribution in [0.5, 0.6) is 0 Å². The maximum absolute atomic E-state index is 12.6. The Labute approximate surface area is 166 Å². The van der Waals surface area contributed by atoms with Crippen LogP contribution in [-0.2, 0) is 10.3 Å². The first kappa shape index (κ1) is 20.9. The van der Waals surface area contributed by atoms with Gasteiger partial charge >= 0.3 is 0 Å². The Kier molecular flexibility index (Phi) is 6.99. The molecule has 1 atom stereocenters. The zero-order valence-corrected chi connectivity index (χ0v) is 16.2. The van der Waals surface area contributed by atoms with Gasteiger partial charge in [0, 0.05) is 17.3 Å². The van der Waals surface area contributed by atoms with Crippen LogP contribution >= 0.6 is 12.4 Å². The molecule has 5 nitrogen and oxygen atoms in total. The first-order chi connectivity index (χ1) is 12.5. The Morgan fingerprint density at radius 2 is 1.59 bits per heavy atom. The number of nitrogens with two attached hydrogens (primary N) is 1. The lowest BCUT2D eigenvalue weighted by Crippen LogP contribution is -2.45. The Morgan fingerprint density at radius 1 is 1.00 bits per heavy atom. The third-order valence-electron chi connectivity index (χ3n) is 4.94. The molecule has 2 aromatic rings. The molecule has 1 saturated carbocycles. The molecule has 0 radical (unpaired) electrons. The number of rotatable bonds is 5. The maximum atomic E-state index is 12.6. The summed E-state index contributed by atoms with van der Waals surface area (Å²) in [5, 5.41) is 5.88. The third kappa shape index (κ3) is 5.08. The quantitative estimate of drug-likeness (QED) is 0.732. The highest BCUT2D eigenvalue weighted by molar-refractivity contribution is 5.99. The van der Waals surface area contributed by atoms with E-state index in [1.807, 2.05) is 30.3 Å². The Hall–Kier alpha value is -2.37. The summed E-state index contributed by atoms with van der Waals surface area (Å²) >= 11 is 0. The Bertz CT molecular complexity index is 770. The van der Waals surface area contributed by atoms with Crippen molar-refractivity contribution in [1.29, 1.82) is 0 Å². The minimum Gasteiger partial charge on any atom is -0.349 e. The van der Waals surface area contributed by atoms with Crippen molar-refractivity contribution < 1.29 is 9.59 Å². The molecule has 6 heteroatoms. The molecule has 0 bridgehead atoms. The van der Waals surface area contributed by atoms with Crippen molar-refractivity contribution in [2.75, 3.05) is 5.32 Å². The summed E-state index contributed by atoms with van der Waals surface area (Å²) in [7, 11) is 0. The van der Waals surface area contributed by atoms with Crippen molar-refractivity contribution in [2.45, 2.75) is 44.2 Å². The van der Waals surface area contributed by atoms with E-state index >= 15 is 0 Å². The molecule has 144 valence electrons. The standard InChI is InChI=1S/C21H25N3O2.ClH/c1-21(22,16-7-3-2-4-8-16)20(26)24-18-13-11-15(12-14-18)19(25)23-17-9-5-6-10-17;/h2-4,7-8,11-14,17H,5-6,9-10,22H2,1H3,(H,23,25)(H,24,26);1H. The minimum absolute atomic E-state index is 0. The lowest BCUT2D eigenvalue weighted by Gasteiger charge is -2.24. The molecule has 4 N–H and O–H groups in total. The third-order valence-corrected chi connectivity index (χ3v) is 4.94. The number of carbonyl (C=O) groups excluding carboxylic acids is 2. The predicted molar refractivity (Wildman–Crippen MR) is 110 cm³/mol. The number of halogens is 1. The molecule has 0 spiro atoms. The van der Waals surface area contributed by atoms with Gasteiger partial charge in [-0.25, -0.2) is 0 Å². The second-order valence-electron chi connectivity index (χ2n) is 7.05. The van der Waals surface area contributed by atoms with Crippen molar-refractivity contribution in [1.82, 2.24) is 5.32 Å². The number of hydrogen-bond acceptors (Lipinski definition) is 3. The lowest BCUT2D eigenvalue weighted by molar-refractivity contribution is -0.120. The number of carbonyl (C=O) groups is 2.